The van der Waals surface area contributed by atoms with Crippen LogP contribution in [0.2, 0.25) is 0 Å². The van der Waals surface area contributed by atoms with Crippen LogP contribution >= 0.6 is 7.26 Å². The molecule has 0 saturated carbocycles. The van der Waals surface area contributed by atoms with Crippen LogP contribution < -0.4 is 15.9 Å². The monoisotopic (exact) mass is 382 g/mol. The molecule has 0 spiro atoms. The van der Waals surface area contributed by atoms with Gasteiger partial charge in [-0.2, -0.15) is 0 Å². The van der Waals surface area contributed by atoms with Crippen molar-refractivity contribution in [3.8, 4) is 11.6 Å². The van der Waals surface area contributed by atoms with E-state index in [0.717, 1.165) is 0 Å². The summed E-state index contributed by atoms with van der Waals surface area (Å²) in [4.78, 5) is 0. The number of hydrogen-bond donors (Lipinski definition) is 0. The first-order valence-corrected chi connectivity index (χ1v) is 11.2. The zero-order valence-electron chi connectivity index (χ0n) is 15.3. The summed E-state index contributed by atoms with van der Waals surface area (Å²) in [7, 11) is -2.61. The van der Waals surface area contributed by atoms with Crippen molar-refractivity contribution in [2.45, 2.75) is 0 Å². The summed E-state index contributed by atoms with van der Waals surface area (Å²) in [6, 6.07) is 37.9. The van der Waals surface area contributed by atoms with Gasteiger partial charge in [-0.05, 0) is 0 Å². The van der Waals surface area contributed by atoms with Crippen molar-refractivity contribution < 1.29 is 4.39 Å². The van der Waals surface area contributed by atoms with Crippen LogP contribution in [-0.2, 0) is 0 Å². The molecule has 0 saturated heterocycles. The summed E-state index contributed by atoms with van der Waals surface area (Å²) in [6.07, 6.45) is 0. The van der Waals surface area contributed by atoms with E-state index < -0.39 is 7.26 Å². The third-order valence-corrected chi connectivity index (χ3v) is 8.94. The molecule has 2 heteroatoms. The standard InChI is InChI=1S/C26H20FP/c27-23-12-10-11-22(21-23)19-20-28(24-13-4-1-5-14-24,25-15-6-2-7-16-25)26-17-8-3-9-18-26/h1-18,21,28H. The molecule has 4 rings (SSSR count). The van der Waals surface area contributed by atoms with E-state index in [0.29, 0.717) is 5.56 Å². The van der Waals surface area contributed by atoms with Crippen molar-refractivity contribution >= 4 is 23.2 Å². The summed E-state index contributed by atoms with van der Waals surface area (Å²) in [5, 5.41) is 3.66. The molecule has 0 aliphatic rings. The molecule has 0 nitrogen and oxygen atoms in total. The van der Waals surface area contributed by atoms with Crippen LogP contribution in [0.1, 0.15) is 5.56 Å². The Hall–Kier alpha value is -3.20. The van der Waals surface area contributed by atoms with E-state index in [1.165, 1.54) is 28.0 Å². The number of hydrogen-bond acceptors (Lipinski definition) is 0. The van der Waals surface area contributed by atoms with E-state index in [2.05, 4.69) is 84.4 Å². The van der Waals surface area contributed by atoms with E-state index in [1.54, 1.807) is 6.07 Å². The van der Waals surface area contributed by atoms with Gasteiger partial charge in [0.15, 0.2) is 0 Å². The maximum absolute atomic E-state index is 13.7. The van der Waals surface area contributed by atoms with Crippen molar-refractivity contribution in [1.29, 1.82) is 0 Å². The van der Waals surface area contributed by atoms with Crippen molar-refractivity contribution in [1.82, 2.24) is 0 Å². The molecule has 0 bridgehead atoms. The molecule has 4 aromatic rings. The zero-order chi connectivity index (χ0) is 19.2. The molecule has 0 unspecified atom stereocenters. The minimum atomic E-state index is -2.61. The molecule has 0 aromatic heterocycles. The number of benzene rings is 4. The minimum absolute atomic E-state index is 0.266. The van der Waals surface area contributed by atoms with Crippen LogP contribution in [0, 0.1) is 17.4 Å². The average molecular weight is 382 g/mol. The molecule has 28 heavy (non-hydrogen) atoms. The first kappa shape index (κ1) is 18.2. The Morgan fingerprint density at radius 1 is 0.536 bits per heavy atom. The topological polar surface area (TPSA) is 0 Å². The van der Waals surface area contributed by atoms with Gasteiger partial charge in [0, 0.05) is 0 Å². The fraction of sp³-hybridized carbons (Fsp3) is 0. The fourth-order valence-corrected chi connectivity index (χ4v) is 7.36. The predicted octanol–water partition coefficient (Wildman–Crippen LogP) is 4.86. The molecule has 0 radical (unpaired) electrons. The Morgan fingerprint density at radius 3 is 1.43 bits per heavy atom. The summed E-state index contributed by atoms with van der Waals surface area (Å²) in [5.41, 5.74) is 4.34. The molecule has 0 N–H and O–H groups in total. The van der Waals surface area contributed by atoms with Gasteiger partial charge in [0.1, 0.15) is 0 Å². The maximum atomic E-state index is 13.7. The molecule has 0 aliphatic carbocycles. The van der Waals surface area contributed by atoms with Gasteiger partial charge < -0.3 is 0 Å². The molecule has 0 atom stereocenters. The second-order valence-electron chi connectivity index (χ2n) is 6.61. The third kappa shape index (κ3) is 3.61. The van der Waals surface area contributed by atoms with Crippen LogP contribution in [0.3, 0.4) is 0 Å². The van der Waals surface area contributed by atoms with Crippen LogP contribution in [0.4, 0.5) is 4.39 Å². The molecule has 136 valence electrons. The predicted molar refractivity (Wildman–Crippen MR) is 120 cm³/mol. The summed E-state index contributed by atoms with van der Waals surface area (Å²) >= 11 is 0. The van der Waals surface area contributed by atoms with Gasteiger partial charge in [-0.25, -0.2) is 0 Å². The molecular formula is C26H20FP. The Balaban J connectivity index is 2.02. The quantitative estimate of drug-likeness (QED) is 0.351. The van der Waals surface area contributed by atoms with Gasteiger partial charge in [-0.1, -0.05) is 0 Å². The second-order valence-corrected chi connectivity index (χ2v) is 10.1. The SMILES string of the molecule is Fc1cccc(C#C[PH](c2ccccc2)(c2ccccc2)c2ccccc2)c1. The summed E-state index contributed by atoms with van der Waals surface area (Å²) in [5.74, 6) is 3.03. The second kappa shape index (κ2) is 8.22. The van der Waals surface area contributed by atoms with Crippen molar-refractivity contribution in [2.24, 2.45) is 0 Å². The fourth-order valence-electron chi connectivity index (χ4n) is 3.51. The van der Waals surface area contributed by atoms with Crippen LogP contribution in [0.15, 0.2) is 115 Å². The molecule has 0 amide bonds. The van der Waals surface area contributed by atoms with E-state index in [9.17, 15) is 4.39 Å². The van der Waals surface area contributed by atoms with Gasteiger partial charge in [-0.3, -0.25) is 0 Å². The average Bonchev–Trinajstić information content (AvgIpc) is 2.77. The Labute approximate surface area is 166 Å². The van der Waals surface area contributed by atoms with Gasteiger partial charge in [-0.15, -0.1) is 0 Å². The third-order valence-electron chi connectivity index (χ3n) is 4.84. The summed E-state index contributed by atoms with van der Waals surface area (Å²) < 4.78 is 13.7. The van der Waals surface area contributed by atoms with Gasteiger partial charge in [0.25, 0.3) is 0 Å². The van der Waals surface area contributed by atoms with Crippen LogP contribution in [-0.4, -0.2) is 0 Å². The molecular weight excluding hydrogens is 362 g/mol. The summed E-state index contributed by atoms with van der Waals surface area (Å²) in [6.45, 7) is 0. The van der Waals surface area contributed by atoms with Gasteiger partial charge >= 0.3 is 166 Å². The molecule has 4 aromatic carbocycles. The Bertz CT molecular complexity index is 1010. The number of halogens is 1. The van der Waals surface area contributed by atoms with E-state index >= 15 is 0 Å². The first-order valence-electron chi connectivity index (χ1n) is 9.24. The first-order chi connectivity index (χ1) is 13.8. The van der Waals surface area contributed by atoms with E-state index in [4.69, 9.17) is 0 Å². The van der Waals surface area contributed by atoms with Crippen molar-refractivity contribution in [3.63, 3.8) is 0 Å². The Kier molecular flexibility index (Phi) is 5.34. The van der Waals surface area contributed by atoms with Crippen LogP contribution in [0.5, 0.6) is 0 Å². The molecule has 0 fully saturated rings. The normalized spacial score (nSPS) is 11.3. The molecule has 0 heterocycles. The van der Waals surface area contributed by atoms with Crippen molar-refractivity contribution in [2.75, 3.05) is 0 Å². The Morgan fingerprint density at radius 2 is 1.00 bits per heavy atom. The van der Waals surface area contributed by atoms with Crippen LogP contribution in [0.25, 0.3) is 0 Å². The van der Waals surface area contributed by atoms with E-state index in [1.807, 2.05) is 24.3 Å². The van der Waals surface area contributed by atoms with Gasteiger partial charge in [0.2, 0.25) is 0 Å². The number of rotatable bonds is 3. The zero-order valence-corrected chi connectivity index (χ0v) is 16.3. The van der Waals surface area contributed by atoms with Gasteiger partial charge in [0.05, 0.1) is 0 Å². The molecule has 0 aliphatic heterocycles. The van der Waals surface area contributed by atoms with E-state index in [-0.39, 0.29) is 5.82 Å². The van der Waals surface area contributed by atoms with Crippen molar-refractivity contribution in [3.05, 3.63) is 127 Å².